The van der Waals surface area contributed by atoms with Gasteiger partial charge in [-0.05, 0) is 67.6 Å². The molecule has 2 heterocycles. The third kappa shape index (κ3) is 4.71. The van der Waals surface area contributed by atoms with Crippen LogP contribution in [0.2, 0.25) is 0 Å². The van der Waals surface area contributed by atoms with E-state index in [0.717, 1.165) is 19.6 Å². The number of hydrogen-bond acceptors (Lipinski definition) is 5. The first-order valence-corrected chi connectivity index (χ1v) is 9.77. The Kier molecular flexibility index (Phi) is 6.41. The highest BCUT2D eigenvalue weighted by atomic mass is 32.1. The van der Waals surface area contributed by atoms with Crippen LogP contribution in [0.1, 0.15) is 44.4 Å². The summed E-state index contributed by atoms with van der Waals surface area (Å²) in [5, 5.41) is 5.10. The molecule has 1 fully saturated rings. The predicted octanol–water partition coefficient (Wildman–Crippen LogP) is 3.14. The molecule has 138 valence electrons. The molecule has 0 saturated carbocycles. The average molecular weight is 372 g/mol. The van der Waals surface area contributed by atoms with Crippen LogP contribution in [-0.2, 0) is 4.74 Å². The van der Waals surface area contributed by atoms with E-state index < -0.39 is 5.97 Å². The predicted molar refractivity (Wildman–Crippen MR) is 103 cm³/mol. The van der Waals surface area contributed by atoms with Crippen LogP contribution in [0.5, 0.6) is 0 Å². The van der Waals surface area contributed by atoms with Gasteiger partial charge in [-0.3, -0.25) is 4.79 Å². The standard InChI is InChI=1S/C20H24N2O3S/c1-25-20(24)17-6-4-16(5-7-17)19(23)21-10-13-22-11-8-15(9-12-22)18-3-2-14-26-18/h2-7,14-15H,8-13H2,1H3,(H,21,23). The van der Waals surface area contributed by atoms with Crippen molar-refractivity contribution >= 4 is 23.2 Å². The lowest BCUT2D eigenvalue weighted by molar-refractivity contribution is 0.0600. The molecule has 0 radical (unpaired) electrons. The van der Waals surface area contributed by atoms with Crippen LogP contribution < -0.4 is 5.32 Å². The highest BCUT2D eigenvalue weighted by Gasteiger charge is 2.21. The number of nitrogens with zero attached hydrogens (tertiary/aromatic N) is 1. The number of benzene rings is 1. The summed E-state index contributed by atoms with van der Waals surface area (Å²) in [4.78, 5) is 27.5. The number of amides is 1. The molecule has 5 nitrogen and oxygen atoms in total. The quantitative estimate of drug-likeness (QED) is 0.792. The lowest BCUT2D eigenvalue weighted by atomic mass is 9.95. The molecule has 1 aromatic heterocycles. The van der Waals surface area contributed by atoms with Crippen molar-refractivity contribution in [3.05, 3.63) is 57.8 Å². The summed E-state index contributed by atoms with van der Waals surface area (Å²) in [5.74, 6) is 0.173. The second-order valence-electron chi connectivity index (χ2n) is 6.46. The highest BCUT2D eigenvalue weighted by Crippen LogP contribution is 2.30. The zero-order valence-electron chi connectivity index (χ0n) is 14.9. The van der Waals surface area contributed by atoms with Crippen LogP contribution in [0.25, 0.3) is 0 Å². The normalized spacial score (nSPS) is 15.6. The van der Waals surface area contributed by atoms with Gasteiger partial charge in [-0.25, -0.2) is 4.79 Å². The first-order chi connectivity index (χ1) is 12.7. The van der Waals surface area contributed by atoms with Crippen LogP contribution in [0, 0.1) is 0 Å². The molecule has 1 saturated heterocycles. The van der Waals surface area contributed by atoms with E-state index in [4.69, 9.17) is 0 Å². The topological polar surface area (TPSA) is 58.6 Å². The molecule has 0 spiro atoms. The SMILES string of the molecule is COC(=O)c1ccc(C(=O)NCCN2CCC(c3cccs3)CC2)cc1. The van der Waals surface area contributed by atoms with E-state index in [-0.39, 0.29) is 5.91 Å². The molecule has 0 bridgehead atoms. The van der Waals surface area contributed by atoms with Crippen molar-refractivity contribution in [3.63, 3.8) is 0 Å². The van der Waals surface area contributed by atoms with E-state index in [1.54, 1.807) is 24.3 Å². The Bertz CT molecular complexity index is 720. The molecule has 0 aliphatic carbocycles. The monoisotopic (exact) mass is 372 g/mol. The molecule has 1 amide bonds. The van der Waals surface area contributed by atoms with Gasteiger partial charge in [-0.1, -0.05) is 6.07 Å². The first kappa shape index (κ1) is 18.6. The summed E-state index contributed by atoms with van der Waals surface area (Å²) in [6.45, 7) is 3.64. The lowest BCUT2D eigenvalue weighted by Gasteiger charge is -2.31. The van der Waals surface area contributed by atoms with Gasteiger partial charge in [-0.2, -0.15) is 0 Å². The number of thiophene rings is 1. The average Bonchev–Trinajstić information content (AvgIpc) is 3.23. The van der Waals surface area contributed by atoms with Gasteiger partial charge in [0.15, 0.2) is 0 Å². The molecule has 1 aliphatic rings. The van der Waals surface area contributed by atoms with Crippen LogP contribution in [0.15, 0.2) is 41.8 Å². The first-order valence-electron chi connectivity index (χ1n) is 8.89. The Morgan fingerprint density at radius 3 is 2.46 bits per heavy atom. The van der Waals surface area contributed by atoms with Crippen molar-refractivity contribution in [2.24, 2.45) is 0 Å². The van der Waals surface area contributed by atoms with Gasteiger partial charge in [-0.15, -0.1) is 11.3 Å². The zero-order chi connectivity index (χ0) is 18.4. The van der Waals surface area contributed by atoms with Crippen molar-refractivity contribution in [2.75, 3.05) is 33.3 Å². The molecule has 1 N–H and O–H groups in total. The minimum Gasteiger partial charge on any atom is -0.465 e. The Balaban J connectivity index is 1.39. The Morgan fingerprint density at radius 1 is 1.15 bits per heavy atom. The number of rotatable bonds is 6. The fourth-order valence-electron chi connectivity index (χ4n) is 3.27. The number of piperidine rings is 1. The van der Waals surface area contributed by atoms with Gasteiger partial charge in [0.1, 0.15) is 0 Å². The van der Waals surface area contributed by atoms with E-state index >= 15 is 0 Å². The highest BCUT2D eigenvalue weighted by molar-refractivity contribution is 7.10. The molecule has 6 heteroatoms. The summed E-state index contributed by atoms with van der Waals surface area (Å²) in [6.07, 6.45) is 2.37. The van der Waals surface area contributed by atoms with E-state index in [1.165, 1.54) is 24.8 Å². The van der Waals surface area contributed by atoms with Crippen molar-refractivity contribution in [1.29, 1.82) is 0 Å². The molecule has 0 atom stereocenters. The van der Waals surface area contributed by atoms with Crippen molar-refractivity contribution in [2.45, 2.75) is 18.8 Å². The van der Waals surface area contributed by atoms with Crippen LogP contribution in [0.3, 0.4) is 0 Å². The maximum Gasteiger partial charge on any atom is 0.337 e. The summed E-state index contributed by atoms with van der Waals surface area (Å²) in [6, 6.07) is 10.9. The van der Waals surface area contributed by atoms with Crippen molar-refractivity contribution < 1.29 is 14.3 Å². The number of carbonyl (C=O) groups excluding carboxylic acids is 2. The second kappa shape index (κ2) is 8.96. The minimum absolute atomic E-state index is 0.116. The van der Waals surface area contributed by atoms with Gasteiger partial charge in [0.05, 0.1) is 12.7 Å². The molecular weight excluding hydrogens is 348 g/mol. The summed E-state index contributed by atoms with van der Waals surface area (Å²) < 4.78 is 4.66. The fraction of sp³-hybridized carbons (Fsp3) is 0.400. The fourth-order valence-corrected chi connectivity index (χ4v) is 4.17. The number of carbonyl (C=O) groups is 2. The number of likely N-dealkylation sites (tertiary alicyclic amines) is 1. The van der Waals surface area contributed by atoms with Gasteiger partial charge in [0.2, 0.25) is 0 Å². The second-order valence-corrected chi connectivity index (χ2v) is 7.44. The van der Waals surface area contributed by atoms with Gasteiger partial charge >= 0.3 is 5.97 Å². The molecule has 0 unspecified atom stereocenters. The third-order valence-corrected chi connectivity index (χ3v) is 5.85. The third-order valence-electron chi connectivity index (χ3n) is 4.81. The smallest absolute Gasteiger partial charge is 0.337 e. The van der Waals surface area contributed by atoms with Crippen molar-refractivity contribution in [1.82, 2.24) is 10.2 Å². The maximum absolute atomic E-state index is 12.2. The van der Waals surface area contributed by atoms with E-state index in [2.05, 4.69) is 32.5 Å². The molecule has 1 aliphatic heterocycles. The van der Waals surface area contributed by atoms with Gasteiger partial charge in [0.25, 0.3) is 5.91 Å². The molecule has 26 heavy (non-hydrogen) atoms. The van der Waals surface area contributed by atoms with E-state index in [9.17, 15) is 9.59 Å². The van der Waals surface area contributed by atoms with E-state index in [0.29, 0.717) is 23.6 Å². The van der Waals surface area contributed by atoms with E-state index in [1.807, 2.05) is 11.3 Å². The number of esters is 1. The summed E-state index contributed by atoms with van der Waals surface area (Å²) in [5.41, 5.74) is 0.992. The van der Waals surface area contributed by atoms with Gasteiger partial charge < -0.3 is 15.0 Å². The Morgan fingerprint density at radius 2 is 1.85 bits per heavy atom. The molecular formula is C20H24N2O3S. The zero-order valence-corrected chi connectivity index (χ0v) is 15.8. The number of nitrogens with one attached hydrogen (secondary N) is 1. The Hall–Kier alpha value is -2.18. The largest absolute Gasteiger partial charge is 0.465 e. The minimum atomic E-state index is -0.400. The maximum atomic E-state index is 12.2. The molecule has 1 aromatic carbocycles. The Labute approximate surface area is 158 Å². The lowest BCUT2D eigenvalue weighted by Crippen LogP contribution is -2.39. The number of hydrogen-bond donors (Lipinski definition) is 1. The molecule has 2 aromatic rings. The molecule has 3 rings (SSSR count). The van der Waals surface area contributed by atoms with Crippen LogP contribution in [-0.4, -0.2) is 50.1 Å². The van der Waals surface area contributed by atoms with Gasteiger partial charge in [0, 0.05) is 23.5 Å². The van der Waals surface area contributed by atoms with Crippen LogP contribution in [0.4, 0.5) is 0 Å². The number of ether oxygens (including phenoxy) is 1. The summed E-state index contributed by atoms with van der Waals surface area (Å²) in [7, 11) is 1.34. The van der Waals surface area contributed by atoms with Crippen LogP contribution >= 0.6 is 11.3 Å². The summed E-state index contributed by atoms with van der Waals surface area (Å²) >= 11 is 1.85. The number of methoxy groups -OCH3 is 1. The van der Waals surface area contributed by atoms with Crippen molar-refractivity contribution in [3.8, 4) is 0 Å².